The van der Waals surface area contributed by atoms with Crippen molar-refractivity contribution in [3.63, 3.8) is 0 Å². The maximum Gasteiger partial charge on any atom is 0.307 e. The Morgan fingerprint density at radius 3 is 2.60 bits per heavy atom. The van der Waals surface area contributed by atoms with Crippen LogP contribution in [0.3, 0.4) is 0 Å². The third-order valence-electron chi connectivity index (χ3n) is 3.28. The number of rotatable bonds is 10. The Hall–Kier alpha value is -1.55. The quantitative estimate of drug-likeness (QED) is 0.669. The van der Waals surface area contributed by atoms with Crippen LogP contribution < -0.4 is 4.74 Å². The number of unbranched alkanes of at least 4 members (excludes halogenated alkanes) is 1. The van der Waals surface area contributed by atoms with Crippen molar-refractivity contribution in [1.82, 2.24) is 4.90 Å². The first kappa shape index (κ1) is 16.5. The molecule has 20 heavy (non-hydrogen) atoms. The van der Waals surface area contributed by atoms with Gasteiger partial charge in [-0.1, -0.05) is 32.0 Å². The lowest BCUT2D eigenvalue weighted by atomic mass is 10.1. The summed E-state index contributed by atoms with van der Waals surface area (Å²) in [5.74, 6) is -0.134. The lowest BCUT2D eigenvalue weighted by Gasteiger charge is -2.22. The van der Waals surface area contributed by atoms with Crippen LogP contribution in [0.1, 0.15) is 26.7 Å². The molecule has 1 atom stereocenters. The zero-order chi connectivity index (χ0) is 14.8. The number of ether oxygens (including phenoxy) is 1. The Labute approximate surface area is 121 Å². The van der Waals surface area contributed by atoms with Crippen LogP contribution in [0.25, 0.3) is 0 Å². The molecule has 0 aliphatic heterocycles. The minimum absolute atomic E-state index is 0.310. The van der Waals surface area contributed by atoms with E-state index in [1.807, 2.05) is 30.3 Å². The summed E-state index contributed by atoms with van der Waals surface area (Å²) in [5, 5.41) is 8.92. The van der Waals surface area contributed by atoms with E-state index in [1.165, 1.54) is 0 Å². The number of benzene rings is 1. The van der Waals surface area contributed by atoms with E-state index in [0.717, 1.165) is 31.7 Å². The summed E-state index contributed by atoms with van der Waals surface area (Å²) in [6.07, 6.45) is 2.00. The van der Waals surface area contributed by atoms with Crippen LogP contribution in [0, 0.1) is 5.92 Å². The predicted octanol–water partition coefficient (Wildman–Crippen LogP) is 2.89. The largest absolute Gasteiger partial charge is 0.494 e. The third kappa shape index (κ3) is 6.57. The number of hydrogen-bond donors (Lipinski definition) is 1. The van der Waals surface area contributed by atoms with Gasteiger partial charge in [0.15, 0.2) is 0 Å². The van der Waals surface area contributed by atoms with Gasteiger partial charge in [-0.25, -0.2) is 0 Å². The fourth-order valence-corrected chi connectivity index (χ4v) is 1.99. The number of carboxylic acid groups (broad SMARTS) is 1. The van der Waals surface area contributed by atoms with Crippen molar-refractivity contribution in [2.24, 2.45) is 5.92 Å². The maximum atomic E-state index is 10.8. The molecule has 0 aliphatic rings. The summed E-state index contributed by atoms with van der Waals surface area (Å²) in [6.45, 7) is 6.95. The molecule has 0 bridgehead atoms. The van der Waals surface area contributed by atoms with Gasteiger partial charge in [0, 0.05) is 6.54 Å². The molecular weight excluding hydrogens is 254 g/mol. The molecule has 0 radical (unpaired) electrons. The molecule has 0 saturated heterocycles. The fourth-order valence-electron chi connectivity index (χ4n) is 1.99. The van der Waals surface area contributed by atoms with Gasteiger partial charge in [-0.3, -0.25) is 4.79 Å². The molecular formula is C16H25NO3. The second-order valence-electron chi connectivity index (χ2n) is 5.00. The minimum atomic E-state index is -0.726. The Balaban J connectivity index is 2.14. The number of nitrogens with zero attached hydrogens (tertiary/aromatic N) is 1. The molecule has 0 heterocycles. The maximum absolute atomic E-state index is 10.8. The van der Waals surface area contributed by atoms with Gasteiger partial charge in [-0.15, -0.1) is 0 Å². The summed E-state index contributed by atoms with van der Waals surface area (Å²) in [4.78, 5) is 13.0. The van der Waals surface area contributed by atoms with Crippen molar-refractivity contribution < 1.29 is 14.6 Å². The third-order valence-corrected chi connectivity index (χ3v) is 3.28. The van der Waals surface area contributed by atoms with Crippen molar-refractivity contribution in [2.45, 2.75) is 26.7 Å². The normalized spacial score (nSPS) is 12.3. The lowest BCUT2D eigenvalue weighted by molar-refractivity contribution is -0.141. The van der Waals surface area contributed by atoms with Crippen LogP contribution in [0.2, 0.25) is 0 Å². The molecule has 112 valence electrons. The topological polar surface area (TPSA) is 49.8 Å². The molecule has 1 rings (SSSR count). The van der Waals surface area contributed by atoms with Gasteiger partial charge >= 0.3 is 5.97 Å². The summed E-state index contributed by atoms with van der Waals surface area (Å²) >= 11 is 0. The standard InChI is InChI=1S/C16H25NO3/c1-3-17(13-14(2)16(18)19)11-7-8-12-20-15-9-5-4-6-10-15/h4-6,9-10,14H,3,7-8,11-13H2,1-2H3,(H,18,19). The van der Waals surface area contributed by atoms with Crippen LogP contribution in [0.5, 0.6) is 5.75 Å². The lowest BCUT2D eigenvalue weighted by Crippen LogP contribution is -2.32. The SMILES string of the molecule is CCN(CCCCOc1ccccc1)CC(C)C(=O)O. The van der Waals surface area contributed by atoms with E-state index in [9.17, 15) is 4.79 Å². The highest BCUT2D eigenvalue weighted by atomic mass is 16.5. The van der Waals surface area contributed by atoms with E-state index < -0.39 is 5.97 Å². The molecule has 0 fully saturated rings. The second kappa shape index (κ2) is 9.37. The zero-order valence-electron chi connectivity index (χ0n) is 12.4. The number of para-hydroxylation sites is 1. The van der Waals surface area contributed by atoms with Crippen LogP contribution >= 0.6 is 0 Å². The smallest absolute Gasteiger partial charge is 0.307 e. The first-order chi connectivity index (χ1) is 9.63. The van der Waals surface area contributed by atoms with E-state index in [0.29, 0.717) is 13.2 Å². The van der Waals surface area contributed by atoms with Gasteiger partial charge in [0.1, 0.15) is 5.75 Å². The van der Waals surface area contributed by atoms with Crippen molar-refractivity contribution >= 4 is 5.97 Å². The van der Waals surface area contributed by atoms with Crippen molar-refractivity contribution in [1.29, 1.82) is 0 Å². The molecule has 4 heteroatoms. The highest BCUT2D eigenvalue weighted by Crippen LogP contribution is 2.09. The van der Waals surface area contributed by atoms with Crippen LogP contribution in [0.15, 0.2) is 30.3 Å². The molecule has 1 aromatic rings. The molecule has 1 aromatic carbocycles. The van der Waals surface area contributed by atoms with Gasteiger partial charge in [-0.05, 0) is 38.1 Å². The van der Waals surface area contributed by atoms with E-state index in [2.05, 4.69) is 11.8 Å². The summed E-state index contributed by atoms with van der Waals surface area (Å²) in [6, 6.07) is 9.79. The highest BCUT2D eigenvalue weighted by molar-refractivity contribution is 5.69. The number of carbonyl (C=O) groups is 1. The van der Waals surface area contributed by atoms with Gasteiger partial charge in [-0.2, -0.15) is 0 Å². The van der Waals surface area contributed by atoms with E-state index in [-0.39, 0.29) is 5.92 Å². The summed E-state index contributed by atoms with van der Waals surface area (Å²) in [7, 11) is 0. The van der Waals surface area contributed by atoms with Gasteiger partial charge < -0.3 is 14.7 Å². The molecule has 0 aliphatic carbocycles. The van der Waals surface area contributed by atoms with Gasteiger partial charge in [0.2, 0.25) is 0 Å². The average Bonchev–Trinajstić information content (AvgIpc) is 2.46. The van der Waals surface area contributed by atoms with Crippen LogP contribution in [-0.4, -0.2) is 42.2 Å². The first-order valence-corrected chi connectivity index (χ1v) is 7.26. The minimum Gasteiger partial charge on any atom is -0.494 e. The number of hydrogen-bond acceptors (Lipinski definition) is 3. The Morgan fingerprint density at radius 2 is 2.00 bits per heavy atom. The zero-order valence-corrected chi connectivity index (χ0v) is 12.4. The van der Waals surface area contributed by atoms with Gasteiger partial charge in [0.25, 0.3) is 0 Å². The van der Waals surface area contributed by atoms with E-state index in [1.54, 1.807) is 6.92 Å². The predicted molar refractivity (Wildman–Crippen MR) is 80.1 cm³/mol. The molecule has 0 spiro atoms. The molecule has 0 saturated carbocycles. The monoisotopic (exact) mass is 279 g/mol. The second-order valence-corrected chi connectivity index (χ2v) is 5.00. The molecule has 0 aromatic heterocycles. The Morgan fingerprint density at radius 1 is 1.30 bits per heavy atom. The van der Waals surface area contributed by atoms with Crippen molar-refractivity contribution in [3.05, 3.63) is 30.3 Å². The first-order valence-electron chi connectivity index (χ1n) is 7.26. The Kier molecular flexibility index (Phi) is 7.73. The van der Waals surface area contributed by atoms with Crippen molar-refractivity contribution in [2.75, 3.05) is 26.2 Å². The number of aliphatic carboxylic acids is 1. The van der Waals surface area contributed by atoms with Crippen LogP contribution in [-0.2, 0) is 4.79 Å². The highest BCUT2D eigenvalue weighted by Gasteiger charge is 2.14. The number of carboxylic acids is 1. The molecule has 1 unspecified atom stereocenters. The summed E-state index contributed by atoms with van der Waals surface area (Å²) in [5.41, 5.74) is 0. The van der Waals surface area contributed by atoms with E-state index >= 15 is 0 Å². The van der Waals surface area contributed by atoms with Gasteiger partial charge in [0.05, 0.1) is 12.5 Å². The fraction of sp³-hybridized carbons (Fsp3) is 0.562. The Bertz CT molecular complexity index is 381. The summed E-state index contributed by atoms with van der Waals surface area (Å²) < 4.78 is 5.63. The van der Waals surface area contributed by atoms with Crippen LogP contribution in [0.4, 0.5) is 0 Å². The molecule has 0 amide bonds. The molecule has 1 N–H and O–H groups in total. The van der Waals surface area contributed by atoms with Crippen molar-refractivity contribution in [3.8, 4) is 5.75 Å². The van der Waals surface area contributed by atoms with E-state index in [4.69, 9.17) is 9.84 Å². The molecule has 4 nitrogen and oxygen atoms in total. The average molecular weight is 279 g/mol.